The number of alkyl halides is 1. The summed E-state index contributed by atoms with van der Waals surface area (Å²) in [6, 6.07) is 1.39. The van der Waals surface area contributed by atoms with Crippen molar-refractivity contribution in [3.05, 3.63) is 33.7 Å². The van der Waals surface area contributed by atoms with Crippen molar-refractivity contribution in [1.29, 1.82) is 0 Å². The van der Waals surface area contributed by atoms with Gasteiger partial charge in [0.25, 0.3) is 5.91 Å². The Morgan fingerprint density at radius 2 is 2.29 bits per heavy atom. The largest absolute Gasteiger partial charge is 0.378 e. The topological polar surface area (TPSA) is 71.2 Å². The van der Waals surface area contributed by atoms with Gasteiger partial charge in [-0.15, -0.1) is 11.6 Å². The molecule has 5 nitrogen and oxygen atoms in total. The molecule has 0 saturated carbocycles. The van der Waals surface area contributed by atoms with Crippen LogP contribution in [0, 0.1) is 6.92 Å². The van der Waals surface area contributed by atoms with Crippen molar-refractivity contribution in [2.45, 2.75) is 6.92 Å². The molecular weight excluding hydrogens is 244 g/mol. The van der Waals surface area contributed by atoms with E-state index in [1.807, 2.05) is 0 Å². The van der Waals surface area contributed by atoms with E-state index in [0.717, 1.165) is 5.69 Å². The van der Waals surface area contributed by atoms with Crippen molar-refractivity contribution in [3.8, 4) is 0 Å². The maximum atomic E-state index is 11.6. The first kappa shape index (κ1) is 13.7. The molecule has 6 heteroatoms. The number of hydrogen-bond donors (Lipinski definition) is 2. The molecule has 0 radical (unpaired) electrons. The Bertz CT molecular complexity index is 431. The van der Waals surface area contributed by atoms with Crippen LogP contribution in [0.3, 0.4) is 0 Å². The molecule has 0 saturated heterocycles. The molecule has 0 bridgehead atoms. The maximum Gasteiger partial charge on any atom is 0.256 e. The minimum Gasteiger partial charge on any atom is -0.378 e. The number of pyridine rings is 1. The normalized spacial score (nSPS) is 10.2. The smallest absolute Gasteiger partial charge is 0.256 e. The van der Waals surface area contributed by atoms with E-state index in [-0.39, 0.29) is 11.0 Å². The van der Waals surface area contributed by atoms with Crippen molar-refractivity contribution in [3.63, 3.8) is 0 Å². The maximum absolute atomic E-state index is 11.6. The molecule has 94 valence electrons. The van der Waals surface area contributed by atoms with E-state index < -0.39 is 5.91 Å². The van der Waals surface area contributed by atoms with Crippen LogP contribution < -0.4 is 10.7 Å². The fourth-order valence-corrected chi connectivity index (χ4v) is 1.35. The molecule has 0 unspecified atom stereocenters. The number of amides is 1. The van der Waals surface area contributed by atoms with Gasteiger partial charge in [0, 0.05) is 30.4 Å². The molecule has 17 heavy (non-hydrogen) atoms. The summed E-state index contributed by atoms with van der Waals surface area (Å²) < 4.78 is 5.09. The van der Waals surface area contributed by atoms with E-state index >= 15 is 0 Å². The average Bonchev–Trinajstić information content (AvgIpc) is 2.28. The van der Waals surface area contributed by atoms with Crippen LogP contribution in [0.15, 0.2) is 17.1 Å². The Labute approximate surface area is 104 Å². The fraction of sp³-hybridized carbons (Fsp3) is 0.455. The molecule has 0 spiro atoms. The van der Waals surface area contributed by atoms with Crippen molar-refractivity contribution < 1.29 is 9.53 Å². The van der Waals surface area contributed by atoms with Gasteiger partial charge in [0.2, 0.25) is 0 Å². The van der Waals surface area contributed by atoms with Crippen LogP contribution in [0.4, 0.5) is 0 Å². The zero-order valence-electron chi connectivity index (χ0n) is 9.59. The summed E-state index contributed by atoms with van der Waals surface area (Å²) in [5, 5.41) is 2.59. The first-order chi connectivity index (χ1) is 8.15. The lowest BCUT2D eigenvalue weighted by Gasteiger charge is -2.05. The summed E-state index contributed by atoms with van der Waals surface area (Å²) in [5.74, 6) is 0.0201. The number of carbonyl (C=O) groups excluding carboxylic acids is 1. The number of rotatable bonds is 6. The molecule has 1 heterocycles. The zero-order valence-corrected chi connectivity index (χ0v) is 10.3. The van der Waals surface area contributed by atoms with Crippen molar-refractivity contribution in [1.82, 2.24) is 10.3 Å². The highest BCUT2D eigenvalue weighted by Gasteiger charge is 2.08. The van der Waals surface area contributed by atoms with Crippen LogP contribution >= 0.6 is 11.6 Å². The van der Waals surface area contributed by atoms with Crippen LogP contribution in [0.1, 0.15) is 16.1 Å². The fourth-order valence-electron chi connectivity index (χ4n) is 1.24. The van der Waals surface area contributed by atoms with Crippen LogP contribution in [0.2, 0.25) is 0 Å². The summed E-state index contributed by atoms with van der Waals surface area (Å²) in [4.78, 5) is 25.9. The molecule has 1 aromatic rings. The van der Waals surface area contributed by atoms with E-state index in [4.69, 9.17) is 16.3 Å². The monoisotopic (exact) mass is 258 g/mol. The van der Waals surface area contributed by atoms with Gasteiger partial charge in [0.05, 0.1) is 13.2 Å². The number of aromatic amines is 1. The van der Waals surface area contributed by atoms with E-state index in [0.29, 0.717) is 25.6 Å². The summed E-state index contributed by atoms with van der Waals surface area (Å²) in [6.07, 6.45) is 1.41. The Balaban J connectivity index is 2.45. The van der Waals surface area contributed by atoms with E-state index in [1.54, 1.807) is 6.92 Å². The van der Waals surface area contributed by atoms with E-state index in [2.05, 4.69) is 10.3 Å². The summed E-state index contributed by atoms with van der Waals surface area (Å²) in [6.45, 7) is 2.93. The molecule has 2 N–H and O–H groups in total. The quantitative estimate of drug-likeness (QED) is 0.582. The molecular formula is C11H15ClN2O3. The van der Waals surface area contributed by atoms with Gasteiger partial charge in [-0.3, -0.25) is 9.59 Å². The lowest BCUT2D eigenvalue weighted by Crippen LogP contribution is -2.31. The van der Waals surface area contributed by atoms with Gasteiger partial charge in [0.15, 0.2) is 5.43 Å². The van der Waals surface area contributed by atoms with Gasteiger partial charge < -0.3 is 15.0 Å². The van der Waals surface area contributed by atoms with Crippen molar-refractivity contribution in [2.75, 3.05) is 25.6 Å². The lowest BCUT2D eigenvalue weighted by atomic mass is 10.2. The molecule has 1 aromatic heterocycles. The number of aryl methyl sites for hydroxylation is 1. The van der Waals surface area contributed by atoms with Gasteiger partial charge in [0.1, 0.15) is 5.56 Å². The predicted molar refractivity (Wildman–Crippen MR) is 65.7 cm³/mol. The third kappa shape index (κ3) is 4.58. The van der Waals surface area contributed by atoms with Crippen LogP contribution in [-0.4, -0.2) is 36.5 Å². The van der Waals surface area contributed by atoms with E-state index in [1.165, 1.54) is 12.3 Å². The third-order valence-corrected chi connectivity index (χ3v) is 2.21. The van der Waals surface area contributed by atoms with Gasteiger partial charge >= 0.3 is 0 Å². The van der Waals surface area contributed by atoms with Gasteiger partial charge in [-0.05, 0) is 6.92 Å². The highest BCUT2D eigenvalue weighted by molar-refractivity contribution is 6.17. The van der Waals surface area contributed by atoms with Crippen LogP contribution in [0.25, 0.3) is 0 Å². The predicted octanol–water partition coefficient (Wildman–Crippen LogP) is 0.669. The lowest BCUT2D eigenvalue weighted by molar-refractivity contribution is 0.0922. The number of ether oxygens (including phenoxy) is 1. The molecule has 0 aromatic carbocycles. The van der Waals surface area contributed by atoms with Crippen molar-refractivity contribution >= 4 is 17.5 Å². The number of aromatic nitrogens is 1. The van der Waals surface area contributed by atoms with Crippen LogP contribution in [0.5, 0.6) is 0 Å². The highest BCUT2D eigenvalue weighted by Crippen LogP contribution is 1.91. The van der Waals surface area contributed by atoms with Crippen molar-refractivity contribution in [2.24, 2.45) is 0 Å². The molecule has 1 amide bonds. The number of hydrogen-bond acceptors (Lipinski definition) is 3. The Kier molecular flexibility index (Phi) is 5.72. The molecule has 0 fully saturated rings. The molecule has 0 aliphatic rings. The third-order valence-electron chi connectivity index (χ3n) is 2.06. The number of nitrogens with one attached hydrogen (secondary N) is 2. The zero-order chi connectivity index (χ0) is 12.7. The van der Waals surface area contributed by atoms with E-state index in [9.17, 15) is 9.59 Å². The first-order valence-electron chi connectivity index (χ1n) is 5.26. The first-order valence-corrected chi connectivity index (χ1v) is 5.80. The van der Waals surface area contributed by atoms with Gasteiger partial charge in [-0.2, -0.15) is 0 Å². The molecule has 0 aliphatic carbocycles. The summed E-state index contributed by atoms with van der Waals surface area (Å²) in [7, 11) is 0. The average molecular weight is 259 g/mol. The second-order valence-corrected chi connectivity index (χ2v) is 3.83. The number of carbonyl (C=O) groups is 1. The number of halogens is 1. The minimum atomic E-state index is -0.402. The second-order valence-electron chi connectivity index (χ2n) is 3.45. The standard InChI is InChI=1S/C11H15ClN2O3/c1-8-6-10(15)9(7-14-8)11(16)13-3-5-17-4-2-12/h6-7H,2-5H2,1H3,(H,13,16)(H,14,15). The van der Waals surface area contributed by atoms with Gasteiger partial charge in [-0.25, -0.2) is 0 Å². The van der Waals surface area contributed by atoms with Gasteiger partial charge in [-0.1, -0.05) is 0 Å². The molecule has 0 atom stereocenters. The van der Waals surface area contributed by atoms with Crippen LogP contribution in [-0.2, 0) is 4.74 Å². The summed E-state index contributed by atoms with van der Waals surface area (Å²) in [5.41, 5.74) is 0.533. The Morgan fingerprint density at radius 3 is 2.94 bits per heavy atom. The number of H-pyrrole nitrogens is 1. The Morgan fingerprint density at radius 1 is 1.53 bits per heavy atom. The highest BCUT2D eigenvalue weighted by atomic mass is 35.5. The molecule has 0 aliphatic heterocycles. The Hall–Kier alpha value is -1.33. The SMILES string of the molecule is Cc1cc(=O)c(C(=O)NCCOCCCl)c[nH]1. The molecule has 1 rings (SSSR count). The minimum absolute atomic E-state index is 0.105. The summed E-state index contributed by atoms with van der Waals surface area (Å²) >= 11 is 5.42. The second kappa shape index (κ2) is 7.09.